The Morgan fingerprint density at radius 3 is 2.75 bits per heavy atom. The van der Waals surface area contributed by atoms with Gasteiger partial charge in [0.05, 0.1) is 13.3 Å². The lowest BCUT2D eigenvalue weighted by Crippen LogP contribution is -2.01. The van der Waals surface area contributed by atoms with Crippen LogP contribution >= 0.6 is 12.2 Å². The summed E-state index contributed by atoms with van der Waals surface area (Å²) < 4.78 is 13.3. The minimum Gasteiger partial charge on any atom is -0.493 e. The molecule has 1 heterocycles. The Kier molecular flexibility index (Phi) is 5.02. The Labute approximate surface area is 144 Å². The van der Waals surface area contributed by atoms with Gasteiger partial charge in [-0.2, -0.15) is 14.9 Å². The van der Waals surface area contributed by atoms with E-state index in [9.17, 15) is 0 Å². The number of aromatic nitrogens is 3. The smallest absolute Gasteiger partial charge is 0.216 e. The summed E-state index contributed by atoms with van der Waals surface area (Å²) in [4.78, 5) is 0. The van der Waals surface area contributed by atoms with Crippen LogP contribution in [0, 0.1) is 4.77 Å². The third kappa shape index (κ3) is 3.69. The Morgan fingerprint density at radius 1 is 1.21 bits per heavy atom. The molecule has 3 aromatic rings. The number of benzene rings is 2. The Hall–Kier alpha value is -2.93. The standard InChI is InChI=1S/C17H16N4O2S/c1-22-15-9-5-8-14(10-19-21-12-18-20-17(21)24)16(15)23-11-13-6-3-2-4-7-13/h2-10,12H,11H2,1H3,(H,20,24)/b19-10+. The predicted octanol–water partition coefficient (Wildman–Crippen LogP) is 3.41. The van der Waals surface area contributed by atoms with Gasteiger partial charge in [0, 0.05) is 5.56 Å². The molecule has 3 rings (SSSR count). The van der Waals surface area contributed by atoms with Crippen LogP contribution in [-0.2, 0) is 6.61 Å². The van der Waals surface area contributed by atoms with E-state index >= 15 is 0 Å². The van der Waals surface area contributed by atoms with Gasteiger partial charge >= 0.3 is 0 Å². The van der Waals surface area contributed by atoms with Gasteiger partial charge in [-0.05, 0) is 29.9 Å². The fourth-order valence-electron chi connectivity index (χ4n) is 2.13. The van der Waals surface area contributed by atoms with Crippen LogP contribution in [0.5, 0.6) is 11.5 Å². The molecule has 122 valence electrons. The molecule has 7 heteroatoms. The van der Waals surface area contributed by atoms with Gasteiger partial charge in [-0.15, -0.1) is 0 Å². The van der Waals surface area contributed by atoms with Gasteiger partial charge in [-0.25, -0.2) is 0 Å². The Bertz CT molecular complexity index is 887. The summed E-state index contributed by atoms with van der Waals surface area (Å²) in [6.07, 6.45) is 3.16. The normalized spacial score (nSPS) is 10.9. The molecule has 0 aliphatic carbocycles. The van der Waals surface area contributed by atoms with Crippen molar-refractivity contribution in [3.8, 4) is 11.5 Å². The van der Waals surface area contributed by atoms with Crippen LogP contribution in [0.3, 0.4) is 0 Å². The number of nitrogens with one attached hydrogen (secondary N) is 1. The molecule has 0 saturated carbocycles. The highest BCUT2D eigenvalue weighted by molar-refractivity contribution is 7.71. The van der Waals surface area contributed by atoms with E-state index in [4.69, 9.17) is 21.7 Å². The molecule has 0 fully saturated rings. The highest BCUT2D eigenvalue weighted by atomic mass is 32.1. The van der Waals surface area contributed by atoms with E-state index in [2.05, 4.69) is 15.3 Å². The monoisotopic (exact) mass is 340 g/mol. The number of rotatable bonds is 6. The maximum absolute atomic E-state index is 5.97. The van der Waals surface area contributed by atoms with Crippen LogP contribution in [-0.4, -0.2) is 28.2 Å². The molecule has 1 aromatic heterocycles. The van der Waals surface area contributed by atoms with E-state index < -0.39 is 0 Å². The van der Waals surface area contributed by atoms with Crippen molar-refractivity contribution in [3.63, 3.8) is 0 Å². The number of methoxy groups -OCH3 is 1. The third-order valence-electron chi connectivity index (χ3n) is 3.31. The highest BCUT2D eigenvalue weighted by Gasteiger charge is 2.09. The predicted molar refractivity (Wildman–Crippen MR) is 94.2 cm³/mol. The van der Waals surface area contributed by atoms with E-state index in [1.54, 1.807) is 13.3 Å². The van der Waals surface area contributed by atoms with E-state index in [1.165, 1.54) is 11.0 Å². The van der Waals surface area contributed by atoms with Crippen LogP contribution in [0.25, 0.3) is 0 Å². The van der Waals surface area contributed by atoms with Crippen LogP contribution < -0.4 is 9.47 Å². The topological polar surface area (TPSA) is 64.4 Å². The average Bonchev–Trinajstić information content (AvgIpc) is 3.04. The number of para-hydroxylation sites is 1. The second-order valence-electron chi connectivity index (χ2n) is 4.90. The summed E-state index contributed by atoms with van der Waals surface area (Å²) in [6.45, 7) is 0.438. The van der Waals surface area contributed by atoms with Crippen LogP contribution in [0.1, 0.15) is 11.1 Å². The highest BCUT2D eigenvalue weighted by Crippen LogP contribution is 2.30. The quantitative estimate of drug-likeness (QED) is 0.552. The number of hydrogen-bond acceptors (Lipinski definition) is 5. The molecular weight excluding hydrogens is 324 g/mol. The van der Waals surface area contributed by atoms with Gasteiger partial charge in [-0.3, -0.25) is 5.10 Å². The van der Waals surface area contributed by atoms with Crippen molar-refractivity contribution in [3.05, 3.63) is 70.8 Å². The second kappa shape index (κ2) is 7.56. The van der Waals surface area contributed by atoms with Crippen molar-refractivity contribution in [1.29, 1.82) is 0 Å². The Morgan fingerprint density at radius 2 is 2.04 bits per heavy atom. The fraction of sp³-hybridized carbons (Fsp3) is 0.118. The lowest BCUT2D eigenvalue weighted by molar-refractivity contribution is 0.284. The molecule has 1 N–H and O–H groups in total. The largest absolute Gasteiger partial charge is 0.493 e. The van der Waals surface area contributed by atoms with Gasteiger partial charge < -0.3 is 9.47 Å². The van der Waals surface area contributed by atoms with Crippen LogP contribution in [0.4, 0.5) is 0 Å². The van der Waals surface area contributed by atoms with E-state index in [0.29, 0.717) is 22.9 Å². The molecule has 0 radical (unpaired) electrons. The average molecular weight is 340 g/mol. The van der Waals surface area contributed by atoms with Crippen molar-refractivity contribution in [2.75, 3.05) is 7.11 Å². The molecule has 0 aliphatic heterocycles. The van der Waals surface area contributed by atoms with E-state index in [-0.39, 0.29) is 0 Å². The lowest BCUT2D eigenvalue weighted by Gasteiger charge is -2.13. The molecule has 0 saturated heterocycles. The zero-order valence-corrected chi connectivity index (χ0v) is 13.9. The Balaban J connectivity index is 1.87. The van der Waals surface area contributed by atoms with Gasteiger partial charge in [0.1, 0.15) is 12.9 Å². The second-order valence-corrected chi connectivity index (χ2v) is 5.29. The SMILES string of the molecule is COc1cccc(/C=N/n2cn[nH]c2=S)c1OCc1ccccc1. The summed E-state index contributed by atoms with van der Waals surface area (Å²) >= 11 is 5.07. The zero-order valence-electron chi connectivity index (χ0n) is 13.0. The summed E-state index contributed by atoms with van der Waals surface area (Å²) in [7, 11) is 1.61. The van der Waals surface area contributed by atoms with Crippen molar-refractivity contribution in [2.45, 2.75) is 6.61 Å². The molecule has 24 heavy (non-hydrogen) atoms. The summed E-state index contributed by atoms with van der Waals surface area (Å²) in [6, 6.07) is 15.6. The van der Waals surface area contributed by atoms with Crippen molar-refractivity contribution >= 4 is 18.4 Å². The minimum atomic E-state index is 0.418. The first-order valence-electron chi connectivity index (χ1n) is 7.28. The minimum absolute atomic E-state index is 0.418. The molecule has 6 nitrogen and oxygen atoms in total. The van der Waals surface area contributed by atoms with Crippen LogP contribution in [0.15, 0.2) is 60.0 Å². The zero-order chi connectivity index (χ0) is 16.8. The van der Waals surface area contributed by atoms with Crippen molar-refractivity contribution < 1.29 is 9.47 Å². The van der Waals surface area contributed by atoms with Gasteiger partial charge in [-0.1, -0.05) is 36.4 Å². The maximum Gasteiger partial charge on any atom is 0.216 e. The number of nitrogens with zero attached hydrogens (tertiary/aromatic N) is 3. The number of hydrogen-bond donors (Lipinski definition) is 1. The first kappa shape index (κ1) is 15.9. The van der Waals surface area contributed by atoms with Crippen molar-refractivity contribution in [1.82, 2.24) is 14.9 Å². The summed E-state index contributed by atoms with van der Waals surface area (Å²) in [5.41, 5.74) is 1.86. The first-order valence-corrected chi connectivity index (χ1v) is 7.69. The lowest BCUT2D eigenvalue weighted by atomic mass is 10.2. The number of aromatic amines is 1. The summed E-state index contributed by atoms with van der Waals surface area (Å²) in [5, 5.41) is 10.8. The maximum atomic E-state index is 5.97. The molecule has 0 aliphatic rings. The first-order chi connectivity index (χ1) is 11.8. The van der Waals surface area contributed by atoms with Crippen molar-refractivity contribution in [2.24, 2.45) is 5.10 Å². The third-order valence-corrected chi connectivity index (χ3v) is 3.59. The van der Waals surface area contributed by atoms with Gasteiger partial charge in [0.15, 0.2) is 11.5 Å². The van der Waals surface area contributed by atoms with Crippen LogP contribution in [0.2, 0.25) is 0 Å². The molecule has 0 amide bonds. The molecule has 0 unspecified atom stereocenters. The molecule has 0 spiro atoms. The molecular formula is C17H16N4O2S. The van der Waals surface area contributed by atoms with Gasteiger partial charge in [0.25, 0.3) is 0 Å². The molecule has 2 aromatic carbocycles. The van der Waals surface area contributed by atoms with Gasteiger partial charge in [0.2, 0.25) is 4.77 Å². The fourth-order valence-corrected chi connectivity index (χ4v) is 2.28. The van der Waals surface area contributed by atoms with E-state index in [1.807, 2.05) is 48.5 Å². The number of ether oxygens (including phenoxy) is 2. The summed E-state index contributed by atoms with van der Waals surface area (Å²) in [5.74, 6) is 1.27. The molecule has 0 bridgehead atoms. The van der Waals surface area contributed by atoms with E-state index in [0.717, 1.165) is 11.1 Å². The number of H-pyrrole nitrogens is 1. The molecule has 0 atom stereocenters.